The van der Waals surface area contributed by atoms with Crippen LogP contribution in [0.15, 0.2) is 48.0 Å². The van der Waals surface area contributed by atoms with Crippen LogP contribution in [-0.2, 0) is 0 Å². The van der Waals surface area contributed by atoms with Crippen molar-refractivity contribution in [3.8, 4) is 16.3 Å². The molecule has 1 aromatic carbocycles. The van der Waals surface area contributed by atoms with E-state index in [1.165, 1.54) is 0 Å². The summed E-state index contributed by atoms with van der Waals surface area (Å²) in [4.78, 5) is 16.4. The predicted molar refractivity (Wildman–Crippen MR) is 103 cm³/mol. The lowest BCUT2D eigenvalue weighted by Gasteiger charge is -2.36. The number of ether oxygens (including phenoxy) is 1. The Morgan fingerprint density at radius 3 is 3.04 bits per heavy atom. The van der Waals surface area contributed by atoms with Gasteiger partial charge in [-0.3, -0.25) is 9.89 Å². The van der Waals surface area contributed by atoms with Crippen LogP contribution in [0.5, 0.6) is 5.75 Å². The van der Waals surface area contributed by atoms with Gasteiger partial charge >= 0.3 is 0 Å². The van der Waals surface area contributed by atoms with Crippen LogP contribution < -0.4 is 4.74 Å². The number of methoxy groups -OCH3 is 1. The highest BCUT2D eigenvalue weighted by molar-refractivity contribution is 7.13. The van der Waals surface area contributed by atoms with Crippen molar-refractivity contribution in [1.29, 1.82) is 0 Å². The SMILES string of the molecule is COc1cccc(C2CCCCN2C(=O)c2cn[nH]c2-c2cccs2)c1. The number of aromatic amines is 1. The Morgan fingerprint density at radius 1 is 1.31 bits per heavy atom. The normalized spacial score (nSPS) is 17.3. The van der Waals surface area contributed by atoms with Gasteiger partial charge in [0.25, 0.3) is 5.91 Å². The molecule has 134 valence electrons. The molecule has 1 atom stereocenters. The molecule has 0 aliphatic carbocycles. The third-order valence-corrected chi connectivity index (χ3v) is 5.77. The van der Waals surface area contributed by atoms with Crippen molar-refractivity contribution in [3.63, 3.8) is 0 Å². The number of thiophene rings is 1. The molecule has 4 rings (SSSR count). The van der Waals surface area contributed by atoms with Gasteiger partial charge in [-0.15, -0.1) is 11.3 Å². The Morgan fingerprint density at radius 2 is 2.23 bits per heavy atom. The van der Waals surface area contributed by atoms with Gasteiger partial charge in [-0.1, -0.05) is 18.2 Å². The molecule has 1 fully saturated rings. The lowest BCUT2D eigenvalue weighted by Crippen LogP contribution is -2.38. The predicted octanol–water partition coefficient (Wildman–Crippen LogP) is 4.51. The lowest BCUT2D eigenvalue weighted by molar-refractivity contribution is 0.0612. The van der Waals surface area contributed by atoms with Crippen molar-refractivity contribution in [2.45, 2.75) is 25.3 Å². The van der Waals surface area contributed by atoms with Crippen molar-refractivity contribution in [1.82, 2.24) is 15.1 Å². The number of aromatic nitrogens is 2. The molecule has 1 amide bonds. The van der Waals surface area contributed by atoms with Gasteiger partial charge in [0, 0.05) is 6.54 Å². The Kier molecular flexibility index (Phi) is 4.75. The second kappa shape index (κ2) is 7.33. The number of piperidine rings is 1. The molecule has 0 spiro atoms. The Hall–Kier alpha value is -2.60. The molecule has 0 radical (unpaired) electrons. The zero-order valence-corrected chi connectivity index (χ0v) is 15.5. The minimum atomic E-state index is 0.0367. The number of amides is 1. The summed E-state index contributed by atoms with van der Waals surface area (Å²) in [5.41, 5.74) is 2.57. The van der Waals surface area contributed by atoms with Gasteiger partial charge in [0.2, 0.25) is 0 Å². The van der Waals surface area contributed by atoms with Crippen LogP contribution in [-0.4, -0.2) is 34.7 Å². The van der Waals surface area contributed by atoms with Crippen LogP contribution in [0.3, 0.4) is 0 Å². The molecule has 1 unspecified atom stereocenters. The molecule has 6 heteroatoms. The second-order valence-electron chi connectivity index (χ2n) is 6.42. The number of carbonyl (C=O) groups excluding carboxylic acids is 1. The fourth-order valence-corrected chi connectivity index (χ4v) is 4.32. The van der Waals surface area contributed by atoms with E-state index in [0.717, 1.165) is 47.7 Å². The van der Waals surface area contributed by atoms with Gasteiger partial charge in [0.05, 0.1) is 35.5 Å². The topological polar surface area (TPSA) is 58.2 Å². The Labute approximate surface area is 156 Å². The molecule has 0 saturated carbocycles. The number of hydrogen-bond acceptors (Lipinski definition) is 4. The largest absolute Gasteiger partial charge is 0.497 e. The van der Waals surface area contributed by atoms with Crippen LogP contribution in [0.4, 0.5) is 0 Å². The molecule has 1 saturated heterocycles. The van der Waals surface area contributed by atoms with Crippen LogP contribution in [0.1, 0.15) is 41.2 Å². The summed E-state index contributed by atoms with van der Waals surface area (Å²) in [6, 6.07) is 12.1. The van der Waals surface area contributed by atoms with Gasteiger partial charge < -0.3 is 9.64 Å². The zero-order chi connectivity index (χ0) is 17.9. The molecule has 26 heavy (non-hydrogen) atoms. The minimum absolute atomic E-state index is 0.0367. The maximum Gasteiger partial charge on any atom is 0.258 e. The summed E-state index contributed by atoms with van der Waals surface area (Å²) in [5.74, 6) is 0.859. The number of likely N-dealkylation sites (tertiary alicyclic amines) is 1. The number of nitrogens with zero attached hydrogens (tertiary/aromatic N) is 2. The Balaban J connectivity index is 1.67. The summed E-state index contributed by atoms with van der Waals surface area (Å²) < 4.78 is 5.36. The molecule has 3 aromatic rings. The first-order chi connectivity index (χ1) is 12.8. The van der Waals surface area contributed by atoms with Crippen molar-refractivity contribution < 1.29 is 9.53 Å². The number of H-pyrrole nitrogens is 1. The number of rotatable bonds is 4. The van der Waals surface area contributed by atoms with Crippen LogP contribution in [0.2, 0.25) is 0 Å². The standard InChI is InChI=1S/C20H21N3O2S/c1-25-15-7-4-6-14(12-15)17-8-2-3-10-23(17)20(24)16-13-21-22-19(16)18-9-5-11-26-18/h4-7,9,11-13,17H,2-3,8,10H2,1H3,(H,21,22). The van der Waals surface area contributed by atoms with E-state index in [4.69, 9.17) is 4.74 Å². The highest BCUT2D eigenvalue weighted by atomic mass is 32.1. The summed E-state index contributed by atoms with van der Waals surface area (Å²) in [6.07, 6.45) is 4.76. The smallest absolute Gasteiger partial charge is 0.258 e. The molecule has 3 heterocycles. The van der Waals surface area contributed by atoms with E-state index in [-0.39, 0.29) is 11.9 Å². The summed E-state index contributed by atoms with van der Waals surface area (Å²) >= 11 is 1.60. The monoisotopic (exact) mass is 367 g/mol. The van der Waals surface area contributed by atoms with Crippen molar-refractivity contribution in [2.75, 3.05) is 13.7 Å². The van der Waals surface area contributed by atoms with E-state index < -0.39 is 0 Å². The van der Waals surface area contributed by atoms with E-state index in [0.29, 0.717) is 5.56 Å². The van der Waals surface area contributed by atoms with Gasteiger partial charge in [-0.2, -0.15) is 5.10 Å². The second-order valence-corrected chi connectivity index (χ2v) is 7.37. The highest BCUT2D eigenvalue weighted by Gasteiger charge is 2.31. The Bertz CT molecular complexity index is 888. The summed E-state index contributed by atoms with van der Waals surface area (Å²) in [6.45, 7) is 0.760. The van der Waals surface area contributed by atoms with E-state index >= 15 is 0 Å². The third kappa shape index (κ3) is 3.12. The first-order valence-electron chi connectivity index (χ1n) is 8.80. The first kappa shape index (κ1) is 16.8. The number of nitrogens with one attached hydrogen (secondary N) is 1. The summed E-state index contributed by atoms with van der Waals surface area (Å²) in [5, 5.41) is 9.13. The van der Waals surface area contributed by atoms with E-state index in [2.05, 4.69) is 16.3 Å². The first-order valence-corrected chi connectivity index (χ1v) is 9.68. The zero-order valence-electron chi connectivity index (χ0n) is 14.6. The fraction of sp³-hybridized carbons (Fsp3) is 0.300. The van der Waals surface area contributed by atoms with Gasteiger partial charge in [-0.25, -0.2) is 0 Å². The highest BCUT2D eigenvalue weighted by Crippen LogP contribution is 2.35. The van der Waals surface area contributed by atoms with Crippen molar-refractivity contribution in [3.05, 3.63) is 59.1 Å². The van der Waals surface area contributed by atoms with E-state index in [1.807, 2.05) is 40.6 Å². The van der Waals surface area contributed by atoms with Crippen LogP contribution in [0, 0.1) is 0 Å². The third-order valence-electron chi connectivity index (χ3n) is 4.88. The molecule has 2 aromatic heterocycles. The molecular weight excluding hydrogens is 346 g/mol. The van der Waals surface area contributed by atoms with Gasteiger partial charge in [-0.05, 0) is 48.4 Å². The molecule has 1 N–H and O–H groups in total. The van der Waals surface area contributed by atoms with Crippen LogP contribution >= 0.6 is 11.3 Å². The quantitative estimate of drug-likeness (QED) is 0.738. The average molecular weight is 367 g/mol. The van der Waals surface area contributed by atoms with E-state index in [9.17, 15) is 4.79 Å². The maximum absolute atomic E-state index is 13.4. The minimum Gasteiger partial charge on any atom is -0.497 e. The van der Waals surface area contributed by atoms with Gasteiger partial charge in [0.1, 0.15) is 5.75 Å². The average Bonchev–Trinajstić information content (AvgIpc) is 3.38. The fourth-order valence-electron chi connectivity index (χ4n) is 3.58. The lowest BCUT2D eigenvalue weighted by atomic mass is 9.94. The maximum atomic E-state index is 13.4. The van der Waals surface area contributed by atoms with Crippen molar-refractivity contribution in [2.24, 2.45) is 0 Å². The van der Waals surface area contributed by atoms with E-state index in [1.54, 1.807) is 24.6 Å². The summed E-state index contributed by atoms with van der Waals surface area (Å²) in [7, 11) is 1.67. The molecule has 0 bridgehead atoms. The van der Waals surface area contributed by atoms with Crippen LogP contribution in [0.25, 0.3) is 10.6 Å². The van der Waals surface area contributed by atoms with Crippen molar-refractivity contribution >= 4 is 17.2 Å². The van der Waals surface area contributed by atoms with Gasteiger partial charge in [0.15, 0.2) is 0 Å². The molecule has 1 aliphatic rings. The number of benzene rings is 1. The molecule has 5 nitrogen and oxygen atoms in total. The molecular formula is C20H21N3O2S. The number of hydrogen-bond donors (Lipinski definition) is 1. The number of carbonyl (C=O) groups is 1. The molecule has 1 aliphatic heterocycles.